The average molecular weight is 1350 g/mol. The van der Waals surface area contributed by atoms with Gasteiger partial charge in [0.25, 0.3) is 0 Å². The van der Waals surface area contributed by atoms with E-state index in [1.807, 2.05) is 34.0 Å². The van der Waals surface area contributed by atoms with E-state index in [1.165, 1.54) is 21.0 Å². The van der Waals surface area contributed by atoms with Crippen LogP contribution in [0.1, 0.15) is 116 Å². The lowest BCUT2D eigenvalue weighted by Crippen LogP contribution is -2.68. The van der Waals surface area contributed by atoms with Crippen LogP contribution in [0.25, 0.3) is 0 Å². The molecule has 10 atom stereocenters. The maximum atomic E-state index is 13.5. The van der Waals surface area contributed by atoms with Gasteiger partial charge in [0.15, 0.2) is 52.8 Å². The normalized spacial score (nSPS) is 23.3. The number of aromatic hydroxyl groups is 3. The number of piperazine rings is 2. The molecule has 8 aliphatic rings. The average Bonchev–Trinajstić information content (AvgIpc) is 0.887. The molecule has 4 bridgehead atoms. The van der Waals surface area contributed by atoms with Gasteiger partial charge >= 0.3 is 11.9 Å². The fraction of sp³-hybridized carbons (Fsp3) is 0.432. The van der Waals surface area contributed by atoms with E-state index in [0.717, 1.165) is 44.5 Å². The van der Waals surface area contributed by atoms with E-state index >= 15 is 0 Å². The topological polar surface area (TPSA) is 306 Å². The van der Waals surface area contributed by atoms with Crippen molar-refractivity contribution in [2.75, 3.05) is 68.9 Å². The monoisotopic (exact) mass is 1350 g/mol. The molecule has 99 heavy (non-hydrogen) atoms. The molecule has 6 aromatic rings. The highest BCUT2D eigenvalue weighted by Gasteiger charge is 2.59. The summed E-state index contributed by atoms with van der Waals surface area (Å²) in [4.78, 5) is 58.3. The highest BCUT2D eigenvalue weighted by atomic mass is 16.7. The Morgan fingerprint density at radius 1 is 0.545 bits per heavy atom. The summed E-state index contributed by atoms with van der Waals surface area (Å²) in [5.41, 5.74) is 10.9. The van der Waals surface area contributed by atoms with Crippen molar-refractivity contribution in [1.82, 2.24) is 30.2 Å². The van der Waals surface area contributed by atoms with Crippen molar-refractivity contribution in [3.63, 3.8) is 0 Å². The van der Waals surface area contributed by atoms with Gasteiger partial charge in [0.1, 0.15) is 35.1 Å². The van der Waals surface area contributed by atoms with Crippen LogP contribution in [0.4, 0.5) is 0 Å². The number of ether oxygens (including phenoxy) is 10. The second-order valence-electron chi connectivity index (χ2n) is 26.5. The Bertz CT molecular complexity index is 4340. The summed E-state index contributed by atoms with van der Waals surface area (Å²) in [6, 6.07) is 19.0. The van der Waals surface area contributed by atoms with Crippen molar-refractivity contribution < 1.29 is 81.9 Å². The summed E-state index contributed by atoms with van der Waals surface area (Å²) in [6.07, 6.45) is 2.06. The number of phenols is 3. The number of aryl methyl sites for hydroxylation is 2. The zero-order valence-corrected chi connectivity index (χ0v) is 57.1. The van der Waals surface area contributed by atoms with Gasteiger partial charge < -0.3 is 73.3 Å². The van der Waals surface area contributed by atoms with Gasteiger partial charge in [-0.3, -0.25) is 38.8 Å². The van der Waals surface area contributed by atoms with Gasteiger partial charge in [-0.25, -0.2) is 0 Å². The standard InChI is InChI=1S/C38H42N4O9.C36H38N4O8/c1-19-11-23-13-26-28(15-39)42-27(33(41(26)4)31(23)37(35(19)47-6)48-17-46-5)14-25-32(38-36(49-18-50-38)20(2)34(25)45)29(42)16-40-30(44)12-22-7-9-24(10-8-22)51-21(3)43;1-17-10-21-12-24-26(14-37)40-25(31(39(24)4)29(21)33(44)34(17)45-5)13-23-30(36-35(46-16-47-36)18(2)32(23)43)27(40)15-38-28(42)11-20-6-8-22(9-7-20)48-19(3)41/h7-11,26-29,33,45H,12-14,16-18H2,1-6H3,(H,40,44);6-10,24-27,31,43-44H,11-13,15-16H2,1-5H3,(H,38,42)/t26-,27-,28-,29-,33-;24-,25-,26-,27-,31-/m00/s1. The molecule has 2 amide bonds. The third-order valence-corrected chi connectivity index (χ3v) is 21.0. The zero-order valence-electron chi connectivity index (χ0n) is 57.1. The molecule has 8 aliphatic heterocycles. The number of benzene rings is 6. The molecule has 8 heterocycles. The van der Waals surface area contributed by atoms with Crippen molar-refractivity contribution in [1.29, 1.82) is 10.5 Å². The zero-order chi connectivity index (χ0) is 70.2. The predicted molar refractivity (Wildman–Crippen MR) is 355 cm³/mol. The van der Waals surface area contributed by atoms with E-state index in [2.05, 4.69) is 48.4 Å². The second-order valence-corrected chi connectivity index (χ2v) is 26.5. The largest absolute Gasteiger partial charge is 0.507 e. The first-order valence-electron chi connectivity index (χ1n) is 33.0. The maximum Gasteiger partial charge on any atom is 0.308 e. The highest BCUT2D eigenvalue weighted by Crippen LogP contribution is 2.61. The van der Waals surface area contributed by atoms with Crippen LogP contribution >= 0.6 is 0 Å². The first kappa shape index (κ1) is 67.5. The molecule has 0 saturated carbocycles. The Kier molecular flexibility index (Phi) is 18.4. The number of esters is 2. The molecule has 0 aromatic heterocycles. The molecule has 14 rings (SSSR count). The third kappa shape index (κ3) is 11.7. The Labute approximate surface area is 573 Å². The molecule has 0 aliphatic carbocycles. The van der Waals surface area contributed by atoms with Crippen LogP contribution in [-0.4, -0.2) is 164 Å². The van der Waals surface area contributed by atoms with Crippen LogP contribution in [-0.2, 0) is 62.4 Å². The fourth-order valence-corrected chi connectivity index (χ4v) is 16.9. The van der Waals surface area contributed by atoms with Gasteiger partial charge in [0.2, 0.25) is 25.4 Å². The molecular weight excluding hydrogens is 1270 g/mol. The number of fused-ring (bicyclic) bond motifs is 18. The lowest BCUT2D eigenvalue weighted by Gasteiger charge is -2.60. The Balaban J connectivity index is 0.000000178. The minimum atomic E-state index is -0.584. The van der Waals surface area contributed by atoms with Crippen LogP contribution < -0.4 is 53.3 Å². The summed E-state index contributed by atoms with van der Waals surface area (Å²) in [5.74, 6) is 3.37. The summed E-state index contributed by atoms with van der Waals surface area (Å²) >= 11 is 0. The van der Waals surface area contributed by atoms with Gasteiger partial charge in [-0.2, -0.15) is 10.5 Å². The van der Waals surface area contributed by atoms with Crippen LogP contribution in [0.15, 0.2) is 60.7 Å². The Morgan fingerprint density at radius 3 is 1.37 bits per heavy atom. The van der Waals surface area contributed by atoms with E-state index in [1.54, 1.807) is 76.6 Å². The van der Waals surface area contributed by atoms with Crippen molar-refractivity contribution in [2.24, 2.45) is 0 Å². The van der Waals surface area contributed by atoms with Gasteiger partial charge in [0, 0.05) is 103 Å². The molecule has 0 radical (unpaired) electrons. The van der Waals surface area contributed by atoms with E-state index in [-0.39, 0.29) is 112 Å². The Hall–Kier alpha value is -10.0. The van der Waals surface area contributed by atoms with Gasteiger partial charge in [-0.1, -0.05) is 36.4 Å². The first-order chi connectivity index (χ1) is 47.6. The number of methoxy groups -OCH3 is 3. The SMILES string of the molecule is COCOc1c(OC)c(C)cc2c1[C@@H]1[C@@H]3Cc4c(O)c(C)c5c(c4[C@H](CNC(=O)Cc4ccc(OC(C)=O)cc4)N3[C@@H](C#N)[C@H](C2)N1C)OCO5.COc1c(C)cc2c(c1O)[C@@H]1[C@@H]3Cc4c(O)c(C)c5c(c4[C@H](CNC(=O)Cc4ccc(OC(C)=O)cc4)N3[C@@H](C#N)[C@H](C2)N1C)OCO5. The molecular formula is C74H80N8O17. The fourth-order valence-electron chi connectivity index (χ4n) is 16.9. The number of nitrogens with zero attached hydrogens (tertiary/aromatic N) is 6. The molecule has 2 saturated heterocycles. The number of likely N-dealkylation sites (N-methyl/N-ethyl adjacent to an activating group) is 2. The van der Waals surface area contributed by atoms with E-state index in [9.17, 15) is 45.0 Å². The minimum absolute atomic E-state index is 0.000296. The third-order valence-electron chi connectivity index (χ3n) is 21.0. The number of phenolic OH excluding ortho intramolecular Hbond substituents is 3. The number of nitriles is 2. The van der Waals surface area contributed by atoms with E-state index < -0.39 is 36.1 Å². The maximum absolute atomic E-state index is 13.5. The van der Waals surface area contributed by atoms with Gasteiger partial charge in [0.05, 0.1) is 63.4 Å². The molecule has 0 unspecified atom stereocenters. The van der Waals surface area contributed by atoms with Crippen LogP contribution in [0.3, 0.4) is 0 Å². The van der Waals surface area contributed by atoms with Crippen molar-refractivity contribution >= 4 is 23.8 Å². The number of carbonyl (C=O) groups excluding carboxylic acids is 4. The van der Waals surface area contributed by atoms with Gasteiger partial charge in [-0.05, 0) is 125 Å². The van der Waals surface area contributed by atoms with Gasteiger partial charge in [-0.15, -0.1) is 0 Å². The quantitative estimate of drug-likeness (QED) is 0.0383. The van der Waals surface area contributed by atoms with E-state index in [4.69, 9.17) is 47.4 Å². The van der Waals surface area contributed by atoms with Crippen LogP contribution in [0.2, 0.25) is 0 Å². The van der Waals surface area contributed by atoms with Crippen LogP contribution in [0.5, 0.6) is 69.0 Å². The molecule has 0 spiro atoms. The number of amides is 2. The highest BCUT2D eigenvalue weighted by molar-refractivity contribution is 5.80. The summed E-state index contributed by atoms with van der Waals surface area (Å²) < 4.78 is 57.1. The smallest absolute Gasteiger partial charge is 0.308 e. The minimum Gasteiger partial charge on any atom is -0.507 e. The van der Waals surface area contributed by atoms with Crippen molar-refractivity contribution in [3.8, 4) is 81.1 Å². The number of hydrogen-bond donors (Lipinski definition) is 5. The molecule has 5 N–H and O–H groups in total. The number of hydrogen-bond acceptors (Lipinski definition) is 23. The molecule has 518 valence electrons. The predicted octanol–water partition coefficient (Wildman–Crippen LogP) is 7.29. The molecule has 25 nitrogen and oxygen atoms in total. The molecule has 6 aromatic carbocycles. The lowest BCUT2D eigenvalue weighted by atomic mass is 9.71. The molecule has 2 fully saturated rings. The number of nitrogens with one attached hydrogen (secondary N) is 2. The van der Waals surface area contributed by atoms with Crippen LogP contribution in [0, 0.1) is 50.4 Å². The van der Waals surface area contributed by atoms with E-state index in [0.29, 0.717) is 111 Å². The first-order valence-corrected chi connectivity index (χ1v) is 33.0. The second kappa shape index (κ2) is 27.0. The van der Waals surface area contributed by atoms with Crippen molar-refractivity contribution in [3.05, 3.63) is 139 Å². The van der Waals surface area contributed by atoms with Crippen molar-refractivity contribution in [2.45, 2.75) is 140 Å². The summed E-state index contributed by atoms with van der Waals surface area (Å²) in [6.45, 7) is 10.4. The lowest BCUT2D eigenvalue weighted by molar-refractivity contribution is -0.132. The molecule has 25 heteroatoms. The number of carbonyl (C=O) groups is 4. The number of rotatable bonds is 15. The Morgan fingerprint density at radius 2 is 0.960 bits per heavy atom. The summed E-state index contributed by atoms with van der Waals surface area (Å²) in [5, 5.41) is 62.9. The summed E-state index contributed by atoms with van der Waals surface area (Å²) in [7, 11) is 8.75.